The summed E-state index contributed by atoms with van der Waals surface area (Å²) in [4.78, 5) is 11.4. The largest absolute Gasteiger partial charge is 0.618 e. The van der Waals surface area contributed by atoms with Crippen molar-refractivity contribution in [1.29, 1.82) is 0 Å². The monoisotopic (exact) mass is 652 g/mol. The topological polar surface area (TPSA) is 104 Å². The highest BCUT2D eigenvalue weighted by Crippen LogP contribution is 2.34. The van der Waals surface area contributed by atoms with Gasteiger partial charge in [0.1, 0.15) is 19.0 Å². The van der Waals surface area contributed by atoms with Gasteiger partial charge < -0.3 is 29.8 Å². The van der Waals surface area contributed by atoms with E-state index < -0.39 is 6.09 Å². The van der Waals surface area contributed by atoms with Crippen LogP contribution in [0.4, 0.5) is 4.79 Å². The number of aryl methyl sites for hydroxylation is 2. The summed E-state index contributed by atoms with van der Waals surface area (Å²) in [6.07, 6.45) is 2.40. The molecule has 45 heavy (non-hydrogen) atoms. The number of nitrogens with zero attached hydrogens (tertiary/aromatic N) is 1. The lowest BCUT2D eigenvalue weighted by atomic mass is 9.87. The van der Waals surface area contributed by atoms with E-state index in [0.717, 1.165) is 44.5 Å². The maximum Gasteiger partial charge on any atom is 0.404 e. The molecular weight excluding hydrogens is 615 g/mol. The molecule has 0 aliphatic carbocycles. The van der Waals surface area contributed by atoms with Gasteiger partial charge >= 0.3 is 6.09 Å². The van der Waals surface area contributed by atoms with E-state index in [0.29, 0.717) is 53.3 Å². The molecule has 0 radical (unpaired) electrons. The van der Waals surface area contributed by atoms with Gasteiger partial charge in [0.15, 0.2) is 11.9 Å². The van der Waals surface area contributed by atoms with Gasteiger partial charge in [-0.3, -0.25) is 0 Å². The minimum atomic E-state index is -1.07. The van der Waals surface area contributed by atoms with Crippen LogP contribution in [0, 0.1) is 19.1 Å². The molecule has 0 saturated carbocycles. The molecule has 238 valence electrons. The molecule has 3 aromatic carbocycles. The number of hydrogen-bond donors (Lipinski definition) is 2. The second-order valence-electron chi connectivity index (χ2n) is 10.8. The van der Waals surface area contributed by atoms with Crippen LogP contribution < -0.4 is 19.5 Å². The molecule has 1 atom stereocenters. The smallest absolute Gasteiger partial charge is 0.404 e. The molecule has 8 nitrogen and oxygen atoms in total. The molecule has 0 saturated heterocycles. The fourth-order valence-electron chi connectivity index (χ4n) is 5.35. The molecule has 4 aromatic rings. The normalized spacial score (nSPS) is 11.7. The van der Waals surface area contributed by atoms with E-state index in [9.17, 15) is 15.1 Å². The molecule has 0 aliphatic rings. The van der Waals surface area contributed by atoms with Crippen molar-refractivity contribution in [2.75, 3.05) is 33.5 Å². The summed E-state index contributed by atoms with van der Waals surface area (Å²) in [5.41, 5.74) is 6.56. The minimum absolute atomic E-state index is 0.110. The lowest BCUT2D eigenvalue weighted by molar-refractivity contribution is -0.613. The van der Waals surface area contributed by atoms with E-state index in [1.165, 1.54) is 6.20 Å². The van der Waals surface area contributed by atoms with Crippen LogP contribution in [0.25, 0.3) is 11.1 Å². The third-order valence-corrected chi connectivity index (χ3v) is 8.05. The fourth-order valence-corrected chi connectivity index (χ4v) is 6.06. The number of ether oxygens (including phenoxy) is 3. The van der Waals surface area contributed by atoms with Gasteiger partial charge in [-0.1, -0.05) is 53.5 Å². The van der Waals surface area contributed by atoms with Crippen molar-refractivity contribution in [2.45, 2.75) is 39.0 Å². The molecule has 4 rings (SSSR count). The van der Waals surface area contributed by atoms with Crippen LogP contribution in [0.1, 0.15) is 40.3 Å². The summed E-state index contributed by atoms with van der Waals surface area (Å²) in [6.45, 7) is 5.33. The number of halogens is 2. The zero-order chi connectivity index (χ0) is 32.3. The van der Waals surface area contributed by atoms with E-state index in [1.54, 1.807) is 25.3 Å². The molecule has 0 aliphatic heterocycles. The standard InChI is InChI=1S/C35H38Cl2N2O6/c1-23-18-31(36)34(32(37)19-23)45-17-16-44-28-11-8-25(9-12-28)21-27(22-38-35(40)41)29-13-10-26(20-24(29)2)30-6-4-14-39(42)33(30)7-5-15-43-3/h4,6,8-14,18-20,27,38H,5,7,15-17,21-22H2,1-3H3,(H,40,41). The molecule has 10 heteroatoms. The zero-order valence-corrected chi connectivity index (χ0v) is 27.2. The van der Waals surface area contributed by atoms with Crippen molar-refractivity contribution in [3.63, 3.8) is 0 Å². The highest BCUT2D eigenvalue weighted by atomic mass is 35.5. The third-order valence-electron chi connectivity index (χ3n) is 7.49. The Kier molecular flexibility index (Phi) is 12.3. The molecule has 1 amide bonds. The molecule has 0 spiro atoms. The van der Waals surface area contributed by atoms with Crippen molar-refractivity contribution < 1.29 is 28.8 Å². The Labute approximate surface area is 274 Å². The number of carbonyl (C=O) groups is 1. The molecule has 0 bridgehead atoms. The van der Waals surface area contributed by atoms with Crippen LogP contribution in [-0.2, 0) is 17.6 Å². The van der Waals surface area contributed by atoms with Crippen molar-refractivity contribution >= 4 is 29.3 Å². The van der Waals surface area contributed by atoms with Gasteiger partial charge in [0, 0.05) is 38.7 Å². The lowest BCUT2D eigenvalue weighted by Crippen LogP contribution is -2.32. The average molecular weight is 654 g/mol. The van der Waals surface area contributed by atoms with Gasteiger partial charge in [-0.15, -0.1) is 0 Å². The Morgan fingerprint density at radius 1 is 0.978 bits per heavy atom. The van der Waals surface area contributed by atoms with Gasteiger partial charge in [-0.05, 0) is 84.8 Å². The molecule has 1 aromatic heterocycles. The number of hydrogen-bond acceptors (Lipinski definition) is 5. The van der Waals surface area contributed by atoms with Crippen LogP contribution in [0.5, 0.6) is 11.5 Å². The first-order chi connectivity index (χ1) is 21.7. The molecular formula is C35H38Cl2N2O6. The van der Waals surface area contributed by atoms with Crippen LogP contribution in [0.3, 0.4) is 0 Å². The summed E-state index contributed by atoms with van der Waals surface area (Å²) >= 11 is 12.5. The lowest BCUT2D eigenvalue weighted by Gasteiger charge is -2.21. The third kappa shape index (κ3) is 9.50. The van der Waals surface area contributed by atoms with Crippen LogP contribution in [0.2, 0.25) is 10.0 Å². The van der Waals surface area contributed by atoms with Gasteiger partial charge in [0.25, 0.3) is 0 Å². The Morgan fingerprint density at radius 3 is 2.36 bits per heavy atom. The predicted molar refractivity (Wildman–Crippen MR) is 177 cm³/mol. The molecule has 1 heterocycles. The molecule has 0 fully saturated rings. The Hall–Kier alpha value is -3.98. The Balaban J connectivity index is 1.44. The van der Waals surface area contributed by atoms with E-state index in [1.807, 2.05) is 56.3 Å². The second kappa shape index (κ2) is 16.4. The number of amides is 1. The number of nitrogens with one attached hydrogen (secondary N) is 1. The molecule has 1 unspecified atom stereocenters. The maximum absolute atomic E-state index is 12.6. The fraction of sp³-hybridized carbons (Fsp3) is 0.314. The zero-order valence-electron chi connectivity index (χ0n) is 25.6. The second-order valence-corrected chi connectivity index (χ2v) is 11.7. The van der Waals surface area contributed by atoms with E-state index >= 15 is 0 Å². The minimum Gasteiger partial charge on any atom is -0.618 e. The highest BCUT2D eigenvalue weighted by molar-refractivity contribution is 6.37. The summed E-state index contributed by atoms with van der Waals surface area (Å²) in [7, 11) is 1.65. The summed E-state index contributed by atoms with van der Waals surface area (Å²) < 4.78 is 17.7. The first-order valence-corrected chi connectivity index (χ1v) is 15.5. The van der Waals surface area contributed by atoms with E-state index in [2.05, 4.69) is 11.4 Å². The van der Waals surface area contributed by atoms with Crippen molar-refractivity contribution in [2.24, 2.45) is 0 Å². The Bertz CT molecular complexity index is 1570. The van der Waals surface area contributed by atoms with E-state index in [4.69, 9.17) is 37.4 Å². The van der Waals surface area contributed by atoms with Gasteiger partial charge in [0.2, 0.25) is 5.69 Å². The van der Waals surface area contributed by atoms with Crippen molar-refractivity contribution in [3.8, 4) is 22.6 Å². The van der Waals surface area contributed by atoms with E-state index in [-0.39, 0.29) is 19.1 Å². The number of aromatic nitrogens is 1. The summed E-state index contributed by atoms with van der Waals surface area (Å²) in [5.74, 6) is 1.01. The Morgan fingerprint density at radius 2 is 1.69 bits per heavy atom. The molecule has 2 N–H and O–H groups in total. The quantitative estimate of drug-likeness (QED) is 0.0781. The van der Waals surface area contributed by atoms with Gasteiger partial charge in [-0.2, -0.15) is 4.73 Å². The first kappa shape index (κ1) is 33.9. The predicted octanol–water partition coefficient (Wildman–Crippen LogP) is 7.54. The van der Waals surface area contributed by atoms with Crippen molar-refractivity contribution in [3.05, 3.63) is 116 Å². The number of rotatable bonds is 15. The number of pyridine rings is 1. The first-order valence-electron chi connectivity index (χ1n) is 14.7. The van der Waals surface area contributed by atoms with Crippen LogP contribution in [0.15, 0.2) is 72.9 Å². The maximum atomic E-state index is 12.6. The number of methoxy groups -OCH3 is 1. The van der Waals surface area contributed by atoms with Crippen molar-refractivity contribution in [1.82, 2.24) is 5.32 Å². The highest BCUT2D eigenvalue weighted by Gasteiger charge is 2.19. The average Bonchev–Trinajstić information content (AvgIpc) is 3.00. The number of benzene rings is 3. The van der Waals surface area contributed by atoms with Crippen LogP contribution >= 0.6 is 23.2 Å². The summed E-state index contributed by atoms with van der Waals surface area (Å²) in [6, 6.07) is 21.1. The van der Waals surface area contributed by atoms with Gasteiger partial charge in [-0.25, -0.2) is 4.79 Å². The van der Waals surface area contributed by atoms with Gasteiger partial charge in [0.05, 0.1) is 15.6 Å². The van der Waals surface area contributed by atoms with Crippen LogP contribution in [-0.4, -0.2) is 44.7 Å². The summed E-state index contributed by atoms with van der Waals surface area (Å²) in [5, 5.41) is 25.4. The number of carboxylic acid groups (broad SMARTS) is 1. The SMILES string of the molecule is COCCCc1c(-c2ccc(C(CNC(=O)O)Cc3ccc(OCCOc4c(Cl)cc(C)cc4Cl)cc3)c(C)c2)ccc[n+]1[O-].